The smallest absolute Gasteiger partial charge is 0.406 e. The molecule has 1 fully saturated rings. The average Bonchev–Trinajstić information content (AvgIpc) is 2.87. The number of carbonyl (C=O) groups excluding carboxylic acids is 2. The standard InChI is InChI=1S/C16H17F3N2O4/c17-16(18,19)9-21-8-12(7-13(21)22)14(23)20-6-5-10-1-3-11(4-2-10)15(24)25/h1-4,12H,5-9H2,(H,20,23)(H,24,25). The van der Waals surface area contributed by atoms with E-state index in [2.05, 4.69) is 5.32 Å². The fourth-order valence-electron chi connectivity index (χ4n) is 2.61. The summed E-state index contributed by atoms with van der Waals surface area (Å²) < 4.78 is 37.0. The normalized spacial score (nSPS) is 17.6. The molecule has 2 rings (SSSR count). The fourth-order valence-corrected chi connectivity index (χ4v) is 2.61. The summed E-state index contributed by atoms with van der Waals surface area (Å²) in [4.78, 5) is 34.9. The lowest BCUT2D eigenvalue weighted by Gasteiger charge is -2.18. The lowest BCUT2D eigenvalue weighted by atomic mass is 10.1. The number of aromatic carboxylic acids is 1. The Bertz CT molecular complexity index is 658. The third kappa shape index (κ3) is 5.47. The van der Waals surface area contributed by atoms with Crippen LogP contribution in [-0.2, 0) is 16.0 Å². The van der Waals surface area contributed by atoms with Crippen molar-refractivity contribution in [1.29, 1.82) is 0 Å². The maximum absolute atomic E-state index is 12.3. The first-order valence-corrected chi connectivity index (χ1v) is 7.60. The molecule has 1 unspecified atom stereocenters. The molecule has 1 aliphatic heterocycles. The molecule has 0 spiro atoms. The van der Waals surface area contributed by atoms with Crippen LogP contribution in [0, 0.1) is 5.92 Å². The minimum Gasteiger partial charge on any atom is -0.478 e. The molecule has 6 nitrogen and oxygen atoms in total. The lowest BCUT2D eigenvalue weighted by Crippen LogP contribution is -2.37. The summed E-state index contributed by atoms with van der Waals surface area (Å²) in [7, 11) is 0. The third-order valence-corrected chi connectivity index (χ3v) is 3.87. The summed E-state index contributed by atoms with van der Waals surface area (Å²) in [6, 6.07) is 6.15. The quantitative estimate of drug-likeness (QED) is 0.806. The zero-order valence-electron chi connectivity index (χ0n) is 13.2. The zero-order valence-corrected chi connectivity index (χ0v) is 13.2. The van der Waals surface area contributed by atoms with Gasteiger partial charge in [0.15, 0.2) is 0 Å². The van der Waals surface area contributed by atoms with Gasteiger partial charge in [-0.15, -0.1) is 0 Å². The number of likely N-dealkylation sites (tertiary alicyclic amines) is 1. The molecule has 2 N–H and O–H groups in total. The number of rotatable bonds is 6. The summed E-state index contributed by atoms with van der Waals surface area (Å²) in [5.74, 6) is -2.96. The third-order valence-electron chi connectivity index (χ3n) is 3.87. The molecule has 1 saturated heterocycles. The van der Waals surface area contributed by atoms with E-state index in [9.17, 15) is 27.6 Å². The number of carboxylic acid groups (broad SMARTS) is 1. The first-order chi connectivity index (χ1) is 11.7. The molecule has 136 valence electrons. The van der Waals surface area contributed by atoms with Crippen LogP contribution in [0.25, 0.3) is 0 Å². The molecular weight excluding hydrogens is 341 g/mol. The van der Waals surface area contributed by atoms with Crippen LogP contribution >= 0.6 is 0 Å². The van der Waals surface area contributed by atoms with E-state index in [0.29, 0.717) is 11.3 Å². The van der Waals surface area contributed by atoms with E-state index in [1.807, 2.05) is 0 Å². The largest absolute Gasteiger partial charge is 0.478 e. The SMILES string of the molecule is O=C(O)c1ccc(CCNC(=O)C2CC(=O)N(CC(F)(F)F)C2)cc1. The summed E-state index contributed by atoms with van der Waals surface area (Å²) in [6.07, 6.45) is -4.27. The van der Waals surface area contributed by atoms with Gasteiger partial charge in [-0.1, -0.05) is 12.1 Å². The van der Waals surface area contributed by atoms with Crippen molar-refractivity contribution in [3.8, 4) is 0 Å². The fraction of sp³-hybridized carbons (Fsp3) is 0.438. The summed E-state index contributed by atoms with van der Waals surface area (Å²) >= 11 is 0. The van der Waals surface area contributed by atoms with Crippen molar-refractivity contribution in [2.45, 2.75) is 19.0 Å². The lowest BCUT2D eigenvalue weighted by molar-refractivity contribution is -0.157. The van der Waals surface area contributed by atoms with Gasteiger partial charge in [0.1, 0.15) is 6.54 Å². The van der Waals surface area contributed by atoms with E-state index in [1.165, 1.54) is 12.1 Å². The van der Waals surface area contributed by atoms with Crippen molar-refractivity contribution in [1.82, 2.24) is 10.2 Å². The molecule has 1 aromatic rings. The molecule has 0 aromatic heterocycles. The molecule has 1 aromatic carbocycles. The van der Waals surface area contributed by atoms with Crippen LogP contribution in [0.1, 0.15) is 22.3 Å². The number of amides is 2. The van der Waals surface area contributed by atoms with Crippen molar-refractivity contribution in [2.24, 2.45) is 5.92 Å². The molecule has 0 saturated carbocycles. The van der Waals surface area contributed by atoms with E-state index in [1.54, 1.807) is 12.1 Å². The maximum atomic E-state index is 12.3. The number of hydrogen-bond donors (Lipinski definition) is 2. The molecule has 9 heteroatoms. The van der Waals surface area contributed by atoms with Crippen LogP contribution in [0.2, 0.25) is 0 Å². The number of nitrogens with one attached hydrogen (secondary N) is 1. The van der Waals surface area contributed by atoms with E-state index in [4.69, 9.17) is 5.11 Å². The van der Waals surface area contributed by atoms with Gasteiger partial charge in [-0.25, -0.2) is 4.79 Å². The molecule has 25 heavy (non-hydrogen) atoms. The first-order valence-electron chi connectivity index (χ1n) is 7.60. The van der Waals surface area contributed by atoms with Gasteiger partial charge < -0.3 is 15.3 Å². The number of halogens is 3. The van der Waals surface area contributed by atoms with Crippen molar-refractivity contribution in [3.63, 3.8) is 0 Å². The molecular formula is C16H17F3N2O4. The summed E-state index contributed by atoms with van der Waals surface area (Å²) in [5, 5.41) is 11.4. The van der Waals surface area contributed by atoms with Gasteiger partial charge in [0.25, 0.3) is 0 Å². The van der Waals surface area contributed by atoms with Gasteiger partial charge in [-0.2, -0.15) is 13.2 Å². The molecule has 1 aliphatic rings. The predicted octanol–water partition coefficient (Wildman–Crippen LogP) is 1.45. The van der Waals surface area contributed by atoms with Crippen LogP contribution in [0.5, 0.6) is 0 Å². The van der Waals surface area contributed by atoms with Gasteiger partial charge in [0.05, 0.1) is 11.5 Å². The average molecular weight is 358 g/mol. The number of hydrogen-bond acceptors (Lipinski definition) is 3. The monoisotopic (exact) mass is 358 g/mol. The van der Waals surface area contributed by atoms with Crippen LogP contribution in [0.3, 0.4) is 0 Å². The van der Waals surface area contributed by atoms with Crippen LogP contribution in [0.15, 0.2) is 24.3 Å². The van der Waals surface area contributed by atoms with Crippen molar-refractivity contribution in [3.05, 3.63) is 35.4 Å². The molecule has 2 amide bonds. The van der Waals surface area contributed by atoms with Crippen molar-refractivity contribution in [2.75, 3.05) is 19.6 Å². The van der Waals surface area contributed by atoms with E-state index in [0.717, 1.165) is 5.56 Å². The summed E-state index contributed by atoms with van der Waals surface area (Å²) in [6.45, 7) is -1.34. The van der Waals surface area contributed by atoms with Crippen LogP contribution in [0.4, 0.5) is 13.2 Å². The number of benzene rings is 1. The van der Waals surface area contributed by atoms with Gasteiger partial charge in [-0.05, 0) is 24.1 Å². The van der Waals surface area contributed by atoms with Gasteiger partial charge in [-0.3, -0.25) is 9.59 Å². The minimum absolute atomic E-state index is 0.155. The van der Waals surface area contributed by atoms with E-state index >= 15 is 0 Å². The minimum atomic E-state index is -4.48. The second-order valence-corrected chi connectivity index (χ2v) is 5.83. The Kier molecular flexibility index (Phi) is 5.66. The Hall–Kier alpha value is -2.58. The van der Waals surface area contributed by atoms with E-state index < -0.39 is 36.4 Å². The number of carboxylic acids is 1. The highest BCUT2D eigenvalue weighted by Crippen LogP contribution is 2.23. The predicted molar refractivity (Wildman–Crippen MR) is 80.9 cm³/mol. The topological polar surface area (TPSA) is 86.7 Å². The second-order valence-electron chi connectivity index (χ2n) is 5.83. The van der Waals surface area contributed by atoms with Crippen LogP contribution < -0.4 is 5.32 Å². The highest BCUT2D eigenvalue weighted by atomic mass is 19.4. The van der Waals surface area contributed by atoms with Crippen molar-refractivity contribution < 1.29 is 32.7 Å². The molecule has 0 aliphatic carbocycles. The molecule has 1 heterocycles. The summed E-state index contributed by atoms with van der Waals surface area (Å²) in [5.41, 5.74) is 0.966. The Morgan fingerprint density at radius 2 is 1.88 bits per heavy atom. The zero-order chi connectivity index (χ0) is 18.6. The molecule has 0 bridgehead atoms. The Morgan fingerprint density at radius 3 is 2.44 bits per heavy atom. The highest BCUT2D eigenvalue weighted by molar-refractivity contribution is 5.89. The highest BCUT2D eigenvalue weighted by Gasteiger charge is 2.40. The molecule has 1 atom stereocenters. The number of alkyl halides is 3. The Morgan fingerprint density at radius 1 is 1.24 bits per heavy atom. The van der Waals surface area contributed by atoms with Gasteiger partial charge in [0.2, 0.25) is 11.8 Å². The van der Waals surface area contributed by atoms with Crippen molar-refractivity contribution >= 4 is 17.8 Å². The second kappa shape index (κ2) is 7.54. The molecule has 0 radical (unpaired) electrons. The van der Waals surface area contributed by atoms with Gasteiger partial charge >= 0.3 is 12.1 Å². The Labute approximate surface area is 141 Å². The maximum Gasteiger partial charge on any atom is 0.406 e. The first kappa shape index (κ1) is 18.8. The van der Waals surface area contributed by atoms with E-state index in [-0.39, 0.29) is 25.1 Å². The Balaban J connectivity index is 1.79. The van der Waals surface area contributed by atoms with Gasteiger partial charge in [0, 0.05) is 19.5 Å². The van der Waals surface area contributed by atoms with Crippen LogP contribution in [-0.4, -0.2) is 53.6 Å². The number of carbonyl (C=O) groups is 3. The number of nitrogens with zero attached hydrogens (tertiary/aromatic N) is 1.